The van der Waals surface area contributed by atoms with Gasteiger partial charge in [-0.15, -0.1) is 12.4 Å². The Morgan fingerprint density at radius 1 is 1.47 bits per heavy atom. The highest BCUT2D eigenvalue weighted by Gasteiger charge is 2.30. The van der Waals surface area contributed by atoms with E-state index in [1.54, 1.807) is 18.2 Å². The molecule has 108 valence electrons. The summed E-state index contributed by atoms with van der Waals surface area (Å²) in [7, 11) is -3.43. The zero-order valence-electron chi connectivity index (χ0n) is 10.8. The van der Waals surface area contributed by atoms with Crippen molar-refractivity contribution in [2.75, 3.05) is 26.2 Å². The van der Waals surface area contributed by atoms with E-state index in [4.69, 9.17) is 10.5 Å². The topological polar surface area (TPSA) is 72.6 Å². The van der Waals surface area contributed by atoms with Crippen LogP contribution in [-0.4, -0.2) is 45.1 Å². The molecule has 19 heavy (non-hydrogen) atoms. The first-order chi connectivity index (χ1) is 8.54. The first-order valence-corrected chi connectivity index (χ1v) is 7.36. The second kappa shape index (κ2) is 6.67. The lowest BCUT2D eigenvalue weighted by molar-refractivity contribution is 0.00450. The van der Waals surface area contributed by atoms with Crippen LogP contribution < -0.4 is 5.73 Å². The summed E-state index contributed by atoms with van der Waals surface area (Å²) in [6.07, 6.45) is -0.210. The fraction of sp³-hybridized carbons (Fsp3) is 0.500. The van der Waals surface area contributed by atoms with E-state index in [0.717, 1.165) is 5.56 Å². The highest BCUT2D eigenvalue weighted by atomic mass is 35.5. The van der Waals surface area contributed by atoms with Crippen LogP contribution in [0.1, 0.15) is 5.56 Å². The van der Waals surface area contributed by atoms with Gasteiger partial charge in [0.1, 0.15) is 0 Å². The molecule has 1 fully saturated rings. The molecule has 0 bridgehead atoms. The number of halogens is 1. The Morgan fingerprint density at radius 3 is 2.84 bits per heavy atom. The van der Waals surface area contributed by atoms with Gasteiger partial charge in [-0.25, -0.2) is 8.42 Å². The quantitative estimate of drug-likeness (QED) is 0.895. The molecule has 1 aliphatic rings. The van der Waals surface area contributed by atoms with Crippen molar-refractivity contribution in [1.82, 2.24) is 4.31 Å². The van der Waals surface area contributed by atoms with Crippen LogP contribution in [0.2, 0.25) is 0 Å². The number of aryl methyl sites for hydroxylation is 1. The third-order valence-corrected chi connectivity index (χ3v) is 4.85. The van der Waals surface area contributed by atoms with Gasteiger partial charge in [0.25, 0.3) is 0 Å². The fourth-order valence-electron chi connectivity index (χ4n) is 1.98. The van der Waals surface area contributed by atoms with Crippen molar-refractivity contribution in [1.29, 1.82) is 0 Å². The molecule has 1 unspecified atom stereocenters. The molecule has 2 N–H and O–H groups in total. The van der Waals surface area contributed by atoms with Crippen molar-refractivity contribution >= 4 is 22.4 Å². The molecule has 2 rings (SSSR count). The van der Waals surface area contributed by atoms with E-state index in [1.807, 2.05) is 13.0 Å². The summed E-state index contributed by atoms with van der Waals surface area (Å²) in [5.74, 6) is 0. The van der Waals surface area contributed by atoms with Crippen LogP contribution in [0.15, 0.2) is 29.2 Å². The maximum atomic E-state index is 12.4. The SMILES string of the molecule is Cc1cccc(S(=O)(=O)N2CCOC(CN)C2)c1.Cl. The minimum absolute atomic E-state index is 0. The Hall–Kier alpha value is -0.660. The van der Waals surface area contributed by atoms with Gasteiger partial charge in [0.05, 0.1) is 17.6 Å². The largest absolute Gasteiger partial charge is 0.374 e. The average Bonchev–Trinajstić information content (AvgIpc) is 2.39. The zero-order chi connectivity index (χ0) is 13.2. The van der Waals surface area contributed by atoms with E-state index >= 15 is 0 Å². The smallest absolute Gasteiger partial charge is 0.243 e. The van der Waals surface area contributed by atoms with Crippen molar-refractivity contribution in [3.8, 4) is 0 Å². The number of rotatable bonds is 3. The molecule has 1 aromatic carbocycles. The van der Waals surface area contributed by atoms with Crippen molar-refractivity contribution in [3.05, 3.63) is 29.8 Å². The highest BCUT2D eigenvalue weighted by molar-refractivity contribution is 7.89. The van der Waals surface area contributed by atoms with E-state index in [-0.39, 0.29) is 18.5 Å². The Balaban J connectivity index is 0.00000180. The minimum atomic E-state index is -3.43. The summed E-state index contributed by atoms with van der Waals surface area (Å²) in [6.45, 7) is 3.31. The van der Waals surface area contributed by atoms with Gasteiger partial charge in [-0.05, 0) is 24.6 Å². The lowest BCUT2D eigenvalue weighted by atomic mass is 10.2. The molecule has 0 spiro atoms. The van der Waals surface area contributed by atoms with E-state index < -0.39 is 10.0 Å². The fourth-order valence-corrected chi connectivity index (χ4v) is 3.54. The van der Waals surface area contributed by atoms with Crippen molar-refractivity contribution in [3.63, 3.8) is 0 Å². The number of nitrogens with two attached hydrogens (primary N) is 1. The molecule has 1 aliphatic heterocycles. The first kappa shape index (κ1) is 16.4. The lowest BCUT2D eigenvalue weighted by Gasteiger charge is -2.31. The van der Waals surface area contributed by atoms with Gasteiger partial charge in [-0.2, -0.15) is 4.31 Å². The van der Waals surface area contributed by atoms with Gasteiger partial charge in [0, 0.05) is 19.6 Å². The van der Waals surface area contributed by atoms with E-state index in [0.29, 0.717) is 31.1 Å². The van der Waals surface area contributed by atoms with E-state index in [2.05, 4.69) is 0 Å². The maximum Gasteiger partial charge on any atom is 0.243 e. The number of morpholine rings is 1. The third kappa shape index (κ3) is 3.67. The molecule has 1 saturated heterocycles. The van der Waals surface area contributed by atoms with Crippen LogP contribution in [0.5, 0.6) is 0 Å². The summed E-state index contributed by atoms with van der Waals surface area (Å²) in [5, 5.41) is 0. The van der Waals surface area contributed by atoms with Crippen LogP contribution in [0.25, 0.3) is 0 Å². The van der Waals surface area contributed by atoms with Gasteiger partial charge in [0.15, 0.2) is 0 Å². The summed E-state index contributed by atoms with van der Waals surface area (Å²) < 4.78 is 31.7. The minimum Gasteiger partial charge on any atom is -0.374 e. The number of ether oxygens (including phenoxy) is 1. The second-order valence-corrected chi connectivity index (χ2v) is 6.35. The third-order valence-electron chi connectivity index (χ3n) is 2.99. The van der Waals surface area contributed by atoms with Crippen LogP contribution in [0.4, 0.5) is 0 Å². The molecule has 1 atom stereocenters. The molecular formula is C12H19ClN2O3S. The second-order valence-electron chi connectivity index (χ2n) is 4.41. The van der Waals surface area contributed by atoms with Crippen LogP contribution in [-0.2, 0) is 14.8 Å². The Kier molecular flexibility index (Phi) is 5.76. The summed E-state index contributed by atoms with van der Waals surface area (Å²) in [6, 6.07) is 6.93. The summed E-state index contributed by atoms with van der Waals surface area (Å²) in [5.41, 5.74) is 6.46. The van der Waals surface area contributed by atoms with E-state index in [9.17, 15) is 8.42 Å². The molecule has 5 nitrogen and oxygen atoms in total. The lowest BCUT2D eigenvalue weighted by Crippen LogP contribution is -2.48. The number of benzene rings is 1. The van der Waals surface area contributed by atoms with Gasteiger partial charge in [0.2, 0.25) is 10.0 Å². The Morgan fingerprint density at radius 2 is 2.21 bits per heavy atom. The van der Waals surface area contributed by atoms with Crippen molar-refractivity contribution in [2.24, 2.45) is 5.73 Å². The number of hydrogen-bond acceptors (Lipinski definition) is 4. The summed E-state index contributed by atoms with van der Waals surface area (Å²) in [4.78, 5) is 0.333. The van der Waals surface area contributed by atoms with Crippen LogP contribution >= 0.6 is 12.4 Å². The van der Waals surface area contributed by atoms with Gasteiger partial charge in [-0.1, -0.05) is 12.1 Å². The molecule has 7 heteroatoms. The van der Waals surface area contributed by atoms with Gasteiger partial charge in [-0.3, -0.25) is 0 Å². The molecule has 0 aromatic heterocycles. The molecule has 0 saturated carbocycles. The van der Waals surface area contributed by atoms with Crippen molar-refractivity contribution < 1.29 is 13.2 Å². The number of sulfonamides is 1. The average molecular weight is 307 g/mol. The molecule has 0 aliphatic carbocycles. The monoisotopic (exact) mass is 306 g/mol. The van der Waals surface area contributed by atoms with Crippen LogP contribution in [0.3, 0.4) is 0 Å². The highest BCUT2D eigenvalue weighted by Crippen LogP contribution is 2.19. The molecule has 0 radical (unpaired) electrons. The molecule has 0 amide bonds. The van der Waals surface area contributed by atoms with E-state index in [1.165, 1.54) is 4.31 Å². The Labute approximate surface area is 120 Å². The first-order valence-electron chi connectivity index (χ1n) is 5.92. The number of hydrogen-bond donors (Lipinski definition) is 1. The zero-order valence-corrected chi connectivity index (χ0v) is 12.4. The van der Waals surface area contributed by atoms with Gasteiger partial charge >= 0.3 is 0 Å². The maximum absolute atomic E-state index is 12.4. The standard InChI is InChI=1S/C12H18N2O3S.ClH/c1-10-3-2-4-12(7-10)18(15,16)14-5-6-17-11(8-13)9-14;/h2-4,7,11H,5-6,8-9,13H2,1H3;1H. The van der Waals surface area contributed by atoms with Crippen LogP contribution in [0, 0.1) is 6.92 Å². The molecule has 1 aromatic rings. The number of nitrogens with zero attached hydrogens (tertiary/aromatic N) is 1. The predicted molar refractivity (Wildman–Crippen MR) is 76.0 cm³/mol. The summed E-state index contributed by atoms with van der Waals surface area (Å²) >= 11 is 0. The predicted octanol–water partition coefficient (Wildman–Crippen LogP) is 0.765. The molecule has 1 heterocycles. The normalized spacial score (nSPS) is 20.8. The van der Waals surface area contributed by atoms with Gasteiger partial charge < -0.3 is 10.5 Å². The Bertz CT molecular complexity index is 521. The van der Waals surface area contributed by atoms with Crippen molar-refractivity contribution in [2.45, 2.75) is 17.9 Å². The molecular weight excluding hydrogens is 288 g/mol.